The lowest BCUT2D eigenvalue weighted by molar-refractivity contribution is 0.412. The molecular weight excluding hydrogens is 326 g/mol. The van der Waals surface area contributed by atoms with Crippen molar-refractivity contribution >= 4 is 33.3 Å². The molecule has 0 radical (unpaired) electrons. The summed E-state index contributed by atoms with van der Waals surface area (Å²) < 4.78 is 11.4. The van der Waals surface area contributed by atoms with E-state index in [4.69, 9.17) is 15.3 Å². The number of nitrogens with two attached hydrogens (primary N) is 1. The van der Waals surface area contributed by atoms with Crippen LogP contribution in [0, 0.1) is 0 Å². The molecule has 2 rings (SSSR count). The molecule has 0 aliphatic rings. The number of hydrogen-bond donors (Lipinski definition) is 3. The first kappa shape index (κ1) is 14.4. The maximum absolute atomic E-state index is 5.38. The Bertz CT molecular complexity index is 608. The standard InChI is InChI=1S/C12H14BrN5O2/c1-19-9-5-7(3-4-8(9)13)17-11-10(20-2)12(18-14)16-6-15-11/h3-6H,14H2,1-2H3,(H2,15,16,17,18). The zero-order chi connectivity index (χ0) is 14.5. The van der Waals surface area contributed by atoms with Gasteiger partial charge in [-0.05, 0) is 28.1 Å². The first-order valence-electron chi connectivity index (χ1n) is 5.65. The molecule has 7 nitrogen and oxygen atoms in total. The van der Waals surface area contributed by atoms with Gasteiger partial charge in [-0.15, -0.1) is 0 Å². The maximum Gasteiger partial charge on any atom is 0.205 e. The summed E-state index contributed by atoms with van der Waals surface area (Å²) in [5.74, 6) is 7.41. The van der Waals surface area contributed by atoms with Crippen molar-refractivity contribution in [3.63, 3.8) is 0 Å². The van der Waals surface area contributed by atoms with Gasteiger partial charge in [-0.1, -0.05) is 0 Å². The molecule has 4 N–H and O–H groups in total. The number of rotatable bonds is 5. The van der Waals surface area contributed by atoms with Crippen molar-refractivity contribution in [1.29, 1.82) is 0 Å². The van der Waals surface area contributed by atoms with Gasteiger partial charge in [0.15, 0.2) is 11.6 Å². The fourth-order valence-corrected chi connectivity index (χ4v) is 2.04. The first-order chi connectivity index (χ1) is 9.69. The zero-order valence-corrected chi connectivity index (χ0v) is 12.6. The Morgan fingerprint density at radius 3 is 2.55 bits per heavy atom. The summed E-state index contributed by atoms with van der Waals surface area (Å²) >= 11 is 3.40. The second-order valence-corrected chi connectivity index (χ2v) is 4.58. The zero-order valence-electron chi connectivity index (χ0n) is 11.0. The number of nitrogens with zero attached hydrogens (tertiary/aromatic N) is 2. The van der Waals surface area contributed by atoms with E-state index in [1.165, 1.54) is 13.4 Å². The van der Waals surface area contributed by atoms with Gasteiger partial charge >= 0.3 is 0 Å². The molecule has 1 heterocycles. The highest BCUT2D eigenvalue weighted by Crippen LogP contribution is 2.33. The summed E-state index contributed by atoms with van der Waals surface area (Å²) in [6, 6.07) is 5.59. The van der Waals surface area contributed by atoms with E-state index in [2.05, 4.69) is 36.6 Å². The Labute approximate surface area is 124 Å². The van der Waals surface area contributed by atoms with Gasteiger partial charge in [-0.25, -0.2) is 15.8 Å². The average Bonchev–Trinajstić information content (AvgIpc) is 2.48. The highest BCUT2D eigenvalue weighted by atomic mass is 79.9. The quantitative estimate of drug-likeness (QED) is 0.568. The Balaban J connectivity index is 2.34. The molecule has 1 aromatic carbocycles. The van der Waals surface area contributed by atoms with Gasteiger partial charge < -0.3 is 20.2 Å². The van der Waals surface area contributed by atoms with Crippen molar-refractivity contribution in [2.75, 3.05) is 25.0 Å². The molecule has 1 aromatic heterocycles. The van der Waals surface area contributed by atoms with E-state index in [1.807, 2.05) is 18.2 Å². The van der Waals surface area contributed by atoms with Crippen LogP contribution in [0.1, 0.15) is 0 Å². The van der Waals surface area contributed by atoms with Crippen molar-refractivity contribution < 1.29 is 9.47 Å². The first-order valence-corrected chi connectivity index (χ1v) is 6.45. The molecule has 0 fully saturated rings. The molecule has 0 unspecified atom stereocenters. The lowest BCUT2D eigenvalue weighted by Crippen LogP contribution is -2.11. The smallest absolute Gasteiger partial charge is 0.205 e. The summed E-state index contributed by atoms with van der Waals surface area (Å²) in [6.07, 6.45) is 1.39. The molecule has 8 heteroatoms. The van der Waals surface area contributed by atoms with E-state index >= 15 is 0 Å². The molecule has 2 aromatic rings. The summed E-state index contributed by atoms with van der Waals surface area (Å²) in [4.78, 5) is 8.11. The fraction of sp³-hybridized carbons (Fsp3) is 0.167. The summed E-state index contributed by atoms with van der Waals surface area (Å²) in [7, 11) is 3.12. The second-order valence-electron chi connectivity index (χ2n) is 3.72. The number of halogens is 1. The van der Waals surface area contributed by atoms with E-state index in [0.717, 1.165) is 10.2 Å². The second kappa shape index (κ2) is 6.40. The normalized spacial score (nSPS) is 10.0. The van der Waals surface area contributed by atoms with Crippen LogP contribution in [0.5, 0.6) is 11.5 Å². The SMILES string of the molecule is COc1cc(Nc2ncnc(NN)c2OC)ccc1Br. The van der Waals surface area contributed by atoms with Crippen LogP contribution in [0.15, 0.2) is 29.0 Å². The molecule has 0 spiro atoms. The van der Waals surface area contributed by atoms with Gasteiger partial charge in [0, 0.05) is 11.8 Å². The maximum atomic E-state index is 5.38. The average molecular weight is 340 g/mol. The topological polar surface area (TPSA) is 94.3 Å². The minimum Gasteiger partial charge on any atom is -0.495 e. The highest BCUT2D eigenvalue weighted by molar-refractivity contribution is 9.10. The van der Waals surface area contributed by atoms with Crippen molar-refractivity contribution in [1.82, 2.24) is 9.97 Å². The molecule has 0 amide bonds. The fourth-order valence-electron chi connectivity index (χ4n) is 1.63. The predicted octanol–water partition coefficient (Wildman–Crippen LogP) is 2.29. The molecule has 0 aliphatic carbocycles. The van der Waals surface area contributed by atoms with Crippen LogP contribution >= 0.6 is 15.9 Å². The van der Waals surface area contributed by atoms with Crippen molar-refractivity contribution in [2.45, 2.75) is 0 Å². The van der Waals surface area contributed by atoms with E-state index in [0.29, 0.717) is 23.1 Å². The molecule has 0 atom stereocenters. The van der Waals surface area contributed by atoms with Crippen LogP contribution in [0.3, 0.4) is 0 Å². The van der Waals surface area contributed by atoms with Gasteiger partial charge in [0.2, 0.25) is 5.75 Å². The molecule has 0 bridgehead atoms. The molecule has 20 heavy (non-hydrogen) atoms. The number of aromatic nitrogens is 2. The number of nitrogens with one attached hydrogen (secondary N) is 2. The van der Waals surface area contributed by atoms with E-state index in [9.17, 15) is 0 Å². The lowest BCUT2D eigenvalue weighted by atomic mass is 10.3. The predicted molar refractivity (Wildman–Crippen MR) is 80.4 cm³/mol. The van der Waals surface area contributed by atoms with Crippen LogP contribution in [-0.4, -0.2) is 24.2 Å². The summed E-state index contributed by atoms with van der Waals surface area (Å²) in [5, 5.41) is 3.13. The molecule has 0 saturated carbocycles. The van der Waals surface area contributed by atoms with E-state index < -0.39 is 0 Å². The molecular formula is C12H14BrN5O2. The van der Waals surface area contributed by atoms with Crippen molar-refractivity contribution in [3.8, 4) is 11.5 Å². The largest absolute Gasteiger partial charge is 0.495 e. The van der Waals surface area contributed by atoms with Crippen LogP contribution in [0.25, 0.3) is 0 Å². The van der Waals surface area contributed by atoms with Crippen LogP contribution in [0.2, 0.25) is 0 Å². The Morgan fingerprint density at radius 2 is 1.90 bits per heavy atom. The molecule has 0 saturated heterocycles. The van der Waals surface area contributed by atoms with Crippen LogP contribution in [0.4, 0.5) is 17.3 Å². The molecule has 0 aliphatic heterocycles. The summed E-state index contributed by atoms with van der Waals surface area (Å²) in [6.45, 7) is 0. The highest BCUT2D eigenvalue weighted by Gasteiger charge is 2.12. The molecule has 106 valence electrons. The monoisotopic (exact) mass is 339 g/mol. The van der Waals surface area contributed by atoms with Crippen molar-refractivity contribution in [3.05, 3.63) is 29.0 Å². The van der Waals surface area contributed by atoms with E-state index in [-0.39, 0.29) is 0 Å². The van der Waals surface area contributed by atoms with Gasteiger partial charge in [-0.3, -0.25) is 0 Å². The van der Waals surface area contributed by atoms with Gasteiger partial charge in [0.05, 0.1) is 18.7 Å². The number of hydrogen-bond acceptors (Lipinski definition) is 7. The third-order valence-electron chi connectivity index (χ3n) is 2.56. The number of benzene rings is 1. The Kier molecular flexibility index (Phi) is 4.59. The van der Waals surface area contributed by atoms with Crippen LogP contribution in [-0.2, 0) is 0 Å². The Hall–Kier alpha value is -2.06. The summed E-state index contributed by atoms with van der Waals surface area (Å²) in [5.41, 5.74) is 3.25. The number of anilines is 3. The number of nitrogen functional groups attached to an aromatic ring is 1. The number of methoxy groups -OCH3 is 2. The minimum absolute atomic E-state index is 0.397. The lowest BCUT2D eigenvalue weighted by Gasteiger charge is -2.13. The van der Waals surface area contributed by atoms with Crippen LogP contribution < -0.4 is 26.1 Å². The minimum atomic E-state index is 0.397. The Morgan fingerprint density at radius 1 is 1.15 bits per heavy atom. The van der Waals surface area contributed by atoms with Gasteiger partial charge in [-0.2, -0.15) is 0 Å². The van der Waals surface area contributed by atoms with Crippen molar-refractivity contribution in [2.24, 2.45) is 5.84 Å². The van der Waals surface area contributed by atoms with Gasteiger partial charge in [0.25, 0.3) is 0 Å². The van der Waals surface area contributed by atoms with Gasteiger partial charge in [0.1, 0.15) is 12.1 Å². The third-order valence-corrected chi connectivity index (χ3v) is 3.21. The third kappa shape index (κ3) is 2.91. The van der Waals surface area contributed by atoms with E-state index in [1.54, 1.807) is 7.11 Å². The number of ether oxygens (including phenoxy) is 2. The number of hydrazine groups is 1.